The monoisotopic (exact) mass is 246 g/mol. The lowest BCUT2D eigenvalue weighted by molar-refractivity contribution is 0.184. The number of benzene rings is 1. The fourth-order valence-corrected chi connectivity index (χ4v) is 2.92. The number of piperidine rings is 1. The van der Waals surface area contributed by atoms with Gasteiger partial charge in [0, 0.05) is 19.1 Å². The topological polar surface area (TPSA) is 15.3 Å². The zero-order valence-corrected chi connectivity index (χ0v) is 12.0. The van der Waals surface area contributed by atoms with E-state index in [4.69, 9.17) is 0 Å². The predicted molar refractivity (Wildman–Crippen MR) is 77.9 cm³/mol. The lowest BCUT2D eigenvalue weighted by Crippen LogP contribution is -2.45. The van der Waals surface area contributed by atoms with Gasteiger partial charge in [0.2, 0.25) is 0 Å². The molecule has 0 spiro atoms. The van der Waals surface area contributed by atoms with Crippen molar-refractivity contribution in [3.05, 3.63) is 34.9 Å². The Morgan fingerprint density at radius 3 is 2.89 bits per heavy atom. The van der Waals surface area contributed by atoms with Crippen LogP contribution >= 0.6 is 0 Å². The van der Waals surface area contributed by atoms with Crippen molar-refractivity contribution in [2.75, 3.05) is 19.6 Å². The van der Waals surface area contributed by atoms with Crippen molar-refractivity contribution in [1.29, 1.82) is 0 Å². The molecule has 1 aliphatic rings. The first-order valence-corrected chi connectivity index (χ1v) is 7.21. The standard InChI is InChI=1S/C16H26N2/c1-4-17-16-6-5-9-18(12-16)11-15-8-7-13(2)10-14(15)3/h7-8,10,16-17H,4-6,9,11-12H2,1-3H3. The van der Waals surface area contributed by atoms with Gasteiger partial charge in [-0.2, -0.15) is 0 Å². The van der Waals surface area contributed by atoms with Crippen LogP contribution in [0.1, 0.15) is 36.5 Å². The molecule has 1 N–H and O–H groups in total. The van der Waals surface area contributed by atoms with E-state index in [1.165, 1.54) is 42.6 Å². The van der Waals surface area contributed by atoms with Gasteiger partial charge in [-0.25, -0.2) is 0 Å². The number of rotatable bonds is 4. The Hall–Kier alpha value is -0.860. The zero-order chi connectivity index (χ0) is 13.0. The lowest BCUT2D eigenvalue weighted by atomic mass is 10.0. The number of likely N-dealkylation sites (tertiary alicyclic amines) is 1. The molecule has 2 rings (SSSR count). The molecule has 1 atom stereocenters. The molecule has 1 fully saturated rings. The molecule has 0 aliphatic carbocycles. The van der Waals surface area contributed by atoms with Crippen LogP contribution in [0.5, 0.6) is 0 Å². The average molecular weight is 246 g/mol. The summed E-state index contributed by atoms with van der Waals surface area (Å²) in [7, 11) is 0. The number of hydrogen-bond acceptors (Lipinski definition) is 2. The second-order valence-corrected chi connectivity index (χ2v) is 5.56. The second kappa shape index (κ2) is 6.35. The first kappa shape index (κ1) is 13.6. The van der Waals surface area contributed by atoms with Crippen LogP contribution in [0.3, 0.4) is 0 Å². The van der Waals surface area contributed by atoms with Gasteiger partial charge in [-0.05, 0) is 50.9 Å². The van der Waals surface area contributed by atoms with E-state index in [0.717, 1.165) is 13.1 Å². The van der Waals surface area contributed by atoms with E-state index < -0.39 is 0 Å². The summed E-state index contributed by atoms with van der Waals surface area (Å²) in [6.45, 7) is 11.2. The molecule has 0 radical (unpaired) electrons. The van der Waals surface area contributed by atoms with Gasteiger partial charge in [0.25, 0.3) is 0 Å². The Bertz CT molecular complexity index is 385. The SMILES string of the molecule is CCNC1CCCN(Cc2ccc(C)cc2C)C1. The zero-order valence-electron chi connectivity index (χ0n) is 12.0. The second-order valence-electron chi connectivity index (χ2n) is 5.56. The van der Waals surface area contributed by atoms with E-state index in [9.17, 15) is 0 Å². The van der Waals surface area contributed by atoms with E-state index >= 15 is 0 Å². The summed E-state index contributed by atoms with van der Waals surface area (Å²) < 4.78 is 0. The molecule has 1 saturated heterocycles. The minimum atomic E-state index is 0.689. The van der Waals surface area contributed by atoms with E-state index in [1.54, 1.807) is 0 Å². The molecule has 0 saturated carbocycles. The minimum absolute atomic E-state index is 0.689. The van der Waals surface area contributed by atoms with E-state index in [-0.39, 0.29) is 0 Å². The normalized spacial score (nSPS) is 21.2. The van der Waals surface area contributed by atoms with Gasteiger partial charge in [0.05, 0.1) is 0 Å². The molecular weight excluding hydrogens is 220 g/mol. The number of aryl methyl sites for hydroxylation is 2. The summed E-state index contributed by atoms with van der Waals surface area (Å²) >= 11 is 0. The maximum absolute atomic E-state index is 3.58. The van der Waals surface area contributed by atoms with Crippen molar-refractivity contribution in [1.82, 2.24) is 10.2 Å². The highest BCUT2D eigenvalue weighted by Crippen LogP contribution is 2.17. The molecule has 1 aromatic rings. The first-order valence-electron chi connectivity index (χ1n) is 7.21. The Labute approximate surface area is 111 Å². The lowest BCUT2D eigenvalue weighted by Gasteiger charge is -2.33. The van der Waals surface area contributed by atoms with Crippen molar-refractivity contribution in [3.8, 4) is 0 Å². The van der Waals surface area contributed by atoms with Crippen LogP contribution in [0.2, 0.25) is 0 Å². The summed E-state index contributed by atoms with van der Waals surface area (Å²) in [5, 5.41) is 3.58. The van der Waals surface area contributed by atoms with Crippen molar-refractivity contribution in [2.45, 2.75) is 46.2 Å². The molecule has 100 valence electrons. The van der Waals surface area contributed by atoms with Gasteiger partial charge < -0.3 is 5.32 Å². The van der Waals surface area contributed by atoms with Crippen LogP contribution in [0, 0.1) is 13.8 Å². The molecule has 0 aromatic heterocycles. The summed E-state index contributed by atoms with van der Waals surface area (Å²) in [5.41, 5.74) is 4.28. The average Bonchev–Trinajstić information content (AvgIpc) is 2.34. The number of nitrogens with one attached hydrogen (secondary N) is 1. The number of likely N-dealkylation sites (N-methyl/N-ethyl adjacent to an activating group) is 1. The third kappa shape index (κ3) is 3.56. The third-order valence-corrected chi connectivity index (χ3v) is 3.89. The van der Waals surface area contributed by atoms with Crippen molar-refractivity contribution < 1.29 is 0 Å². The summed E-state index contributed by atoms with van der Waals surface area (Å²) in [6.07, 6.45) is 2.65. The van der Waals surface area contributed by atoms with Crippen LogP contribution in [0.15, 0.2) is 18.2 Å². The number of hydrogen-bond donors (Lipinski definition) is 1. The fourth-order valence-electron chi connectivity index (χ4n) is 2.92. The largest absolute Gasteiger partial charge is 0.313 e. The van der Waals surface area contributed by atoms with E-state index in [1.807, 2.05) is 0 Å². The fraction of sp³-hybridized carbons (Fsp3) is 0.625. The molecule has 18 heavy (non-hydrogen) atoms. The van der Waals surface area contributed by atoms with Crippen molar-refractivity contribution in [2.24, 2.45) is 0 Å². The van der Waals surface area contributed by atoms with Gasteiger partial charge in [-0.15, -0.1) is 0 Å². The molecule has 0 bridgehead atoms. The highest BCUT2D eigenvalue weighted by atomic mass is 15.2. The summed E-state index contributed by atoms with van der Waals surface area (Å²) in [6, 6.07) is 7.51. The Kier molecular flexibility index (Phi) is 4.79. The molecule has 1 heterocycles. The van der Waals surface area contributed by atoms with Gasteiger partial charge in [0.1, 0.15) is 0 Å². The highest BCUT2D eigenvalue weighted by Gasteiger charge is 2.19. The van der Waals surface area contributed by atoms with Gasteiger partial charge >= 0.3 is 0 Å². The molecule has 1 aliphatic heterocycles. The molecular formula is C16H26N2. The number of nitrogens with zero attached hydrogens (tertiary/aromatic N) is 1. The van der Waals surface area contributed by atoms with Crippen molar-refractivity contribution in [3.63, 3.8) is 0 Å². The highest BCUT2D eigenvalue weighted by molar-refractivity contribution is 5.30. The van der Waals surface area contributed by atoms with Crippen LogP contribution in [-0.2, 0) is 6.54 Å². The van der Waals surface area contributed by atoms with Crippen LogP contribution in [-0.4, -0.2) is 30.6 Å². The predicted octanol–water partition coefficient (Wildman–Crippen LogP) is 2.88. The maximum atomic E-state index is 3.58. The minimum Gasteiger partial charge on any atom is -0.313 e. The summed E-state index contributed by atoms with van der Waals surface area (Å²) in [4.78, 5) is 2.59. The summed E-state index contributed by atoms with van der Waals surface area (Å²) in [5.74, 6) is 0. The molecule has 2 nitrogen and oxygen atoms in total. The van der Waals surface area contributed by atoms with Gasteiger partial charge in [-0.1, -0.05) is 30.7 Å². The van der Waals surface area contributed by atoms with E-state index in [2.05, 4.69) is 49.2 Å². The molecule has 0 amide bonds. The maximum Gasteiger partial charge on any atom is 0.0237 e. The smallest absolute Gasteiger partial charge is 0.0237 e. The third-order valence-electron chi connectivity index (χ3n) is 3.89. The molecule has 2 heteroatoms. The Balaban J connectivity index is 1.96. The first-order chi connectivity index (χ1) is 8.69. The van der Waals surface area contributed by atoms with Crippen LogP contribution in [0.25, 0.3) is 0 Å². The van der Waals surface area contributed by atoms with Crippen LogP contribution in [0.4, 0.5) is 0 Å². The van der Waals surface area contributed by atoms with Crippen molar-refractivity contribution >= 4 is 0 Å². The van der Waals surface area contributed by atoms with Gasteiger partial charge in [0.15, 0.2) is 0 Å². The molecule has 1 aromatic carbocycles. The molecule has 1 unspecified atom stereocenters. The Morgan fingerprint density at radius 1 is 1.33 bits per heavy atom. The van der Waals surface area contributed by atoms with Gasteiger partial charge in [-0.3, -0.25) is 4.90 Å². The Morgan fingerprint density at radius 2 is 2.17 bits per heavy atom. The van der Waals surface area contributed by atoms with Crippen LogP contribution < -0.4 is 5.32 Å². The van der Waals surface area contributed by atoms with E-state index in [0.29, 0.717) is 6.04 Å². The quantitative estimate of drug-likeness (QED) is 0.879.